The van der Waals surface area contributed by atoms with Gasteiger partial charge in [-0.05, 0) is 43.5 Å². The molecule has 2 atom stereocenters. The number of benzene rings is 2. The minimum Gasteiger partial charge on any atom is -0.408 e. The molecule has 1 aromatic heterocycles. The van der Waals surface area contributed by atoms with Crippen LogP contribution in [0.5, 0.6) is 5.75 Å². The maximum absolute atomic E-state index is 13.9. The van der Waals surface area contributed by atoms with Gasteiger partial charge >= 0.3 is 18.4 Å². The van der Waals surface area contributed by atoms with Crippen LogP contribution in [0.1, 0.15) is 41.3 Å². The average molecular weight is 557 g/mol. The van der Waals surface area contributed by atoms with Crippen LogP contribution in [0.4, 0.5) is 31.1 Å². The molecule has 2 aromatic carbocycles. The van der Waals surface area contributed by atoms with Crippen molar-refractivity contribution in [3.63, 3.8) is 0 Å². The fourth-order valence-electron chi connectivity index (χ4n) is 4.46. The Balaban J connectivity index is 1.68. The summed E-state index contributed by atoms with van der Waals surface area (Å²) in [4.78, 5) is 12.5. The highest BCUT2D eigenvalue weighted by Crippen LogP contribution is 2.43. The summed E-state index contributed by atoms with van der Waals surface area (Å²) in [5, 5.41) is 12.6. The van der Waals surface area contributed by atoms with Gasteiger partial charge in [0.15, 0.2) is 5.75 Å². The Morgan fingerprint density at radius 3 is 2.44 bits per heavy atom. The van der Waals surface area contributed by atoms with Gasteiger partial charge in [0.25, 0.3) is 0 Å². The molecule has 1 amide bonds. The lowest BCUT2D eigenvalue weighted by molar-refractivity contribution is -0.141. The van der Waals surface area contributed by atoms with Crippen LogP contribution in [0.15, 0.2) is 54.6 Å². The van der Waals surface area contributed by atoms with E-state index in [-0.39, 0.29) is 36.3 Å². The molecule has 0 saturated carbocycles. The van der Waals surface area contributed by atoms with Crippen LogP contribution in [-0.2, 0) is 23.6 Å². The van der Waals surface area contributed by atoms with Crippen molar-refractivity contribution in [2.24, 2.45) is 0 Å². The van der Waals surface area contributed by atoms with E-state index in [0.717, 1.165) is 12.5 Å². The molecule has 39 heavy (non-hydrogen) atoms. The van der Waals surface area contributed by atoms with Gasteiger partial charge in [-0.1, -0.05) is 30.3 Å². The first-order valence-electron chi connectivity index (χ1n) is 12.1. The maximum Gasteiger partial charge on any atom is 0.417 e. The van der Waals surface area contributed by atoms with E-state index in [4.69, 9.17) is 9.47 Å². The van der Waals surface area contributed by atoms with Gasteiger partial charge < -0.3 is 24.5 Å². The zero-order chi connectivity index (χ0) is 28.4. The smallest absolute Gasteiger partial charge is 0.408 e. The molecule has 1 saturated heterocycles. The number of ether oxygens (including phenoxy) is 2. The highest BCUT2D eigenvalue weighted by Gasteiger charge is 2.38. The molecule has 0 bridgehead atoms. The molecule has 1 aliphatic heterocycles. The number of nitrogens with one attached hydrogen (secondary N) is 1. The van der Waals surface area contributed by atoms with Crippen LogP contribution >= 0.6 is 0 Å². The third-order valence-corrected chi connectivity index (χ3v) is 6.49. The summed E-state index contributed by atoms with van der Waals surface area (Å²) in [5.74, 6) is -0.139. The summed E-state index contributed by atoms with van der Waals surface area (Å²) in [6, 6.07) is 10.8. The van der Waals surface area contributed by atoms with Crippen molar-refractivity contribution in [1.82, 2.24) is 9.88 Å². The summed E-state index contributed by atoms with van der Waals surface area (Å²) in [6.07, 6.45) is -10.9. The molecule has 0 aliphatic carbocycles. The van der Waals surface area contributed by atoms with Gasteiger partial charge in [0.1, 0.15) is 0 Å². The van der Waals surface area contributed by atoms with Crippen LogP contribution < -0.4 is 10.1 Å². The van der Waals surface area contributed by atoms with Crippen LogP contribution in [0.25, 0.3) is 11.3 Å². The number of nitrogens with zero attached hydrogens (tertiary/aromatic N) is 1. The number of carbonyl (C=O) groups is 1. The van der Waals surface area contributed by atoms with Crippen LogP contribution in [0.2, 0.25) is 0 Å². The van der Waals surface area contributed by atoms with E-state index in [9.17, 15) is 36.2 Å². The first-order valence-corrected chi connectivity index (χ1v) is 12.1. The van der Waals surface area contributed by atoms with Gasteiger partial charge in [-0.2, -0.15) is 26.3 Å². The first kappa shape index (κ1) is 28.5. The Bertz CT molecular complexity index is 1300. The Labute approximate surface area is 220 Å². The molecular weight excluding hydrogens is 530 g/mol. The second-order valence-corrected chi connectivity index (χ2v) is 9.18. The zero-order valence-electron chi connectivity index (χ0n) is 20.8. The molecule has 3 aromatic rings. The van der Waals surface area contributed by atoms with Crippen LogP contribution in [0, 0.1) is 6.92 Å². The highest BCUT2D eigenvalue weighted by atomic mass is 19.4. The lowest BCUT2D eigenvalue weighted by atomic mass is 10.00. The van der Waals surface area contributed by atoms with E-state index in [1.165, 1.54) is 11.5 Å². The minimum atomic E-state index is -4.95. The molecule has 12 heteroatoms. The van der Waals surface area contributed by atoms with Crippen molar-refractivity contribution in [3.05, 3.63) is 77.0 Å². The Hall–Kier alpha value is -3.51. The molecule has 4 rings (SSSR count). The predicted octanol–water partition coefficient (Wildman–Crippen LogP) is 6.50. The third kappa shape index (κ3) is 6.74. The van der Waals surface area contributed by atoms with Crippen molar-refractivity contribution >= 4 is 6.09 Å². The van der Waals surface area contributed by atoms with Gasteiger partial charge in [-0.15, -0.1) is 0 Å². The van der Waals surface area contributed by atoms with Crippen molar-refractivity contribution < 1.29 is 45.7 Å². The number of carbonyl (C=O) groups excluding carboxylic acids is 1. The standard InChI is InChI=1S/C27H26F6N2O4/c1-16-24(39-25(37)34-14-23(36)17-6-3-2-4-7-17)13-22(35(16)15-19-8-5-11-38-19)20-12-18(26(28,29)30)9-10-21(20)27(31,32)33/h2-4,6-7,9-10,12-13,19,23,36H,5,8,11,14-15H2,1H3,(H,34,37)/t19-,23?/m1/s1. The number of hydrogen-bond donors (Lipinski definition) is 2. The largest absolute Gasteiger partial charge is 0.417 e. The quantitative estimate of drug-likeness (QED) is 0.326. The van der Waals surface area contributed by atoms with Crippen molar-refractivity contribution in [2.45, 2.75) is 50.9 Å². The number of aliphatic hydroxyl groups is 1. The van der Waals surface area contributed by atoms with Gasteiger partial charge in [-0.3, -0.25) is 0 Å². The number of amides is 1. The van der Waals surface area contributed by atoms with E-state index in [1.807, 2.05) is 0 Å². The van der Waals surface area contributed by atoms with Gasteiger partial charge in [-0.25, -0.2) is 4.79 Å². The monoisotopic (exact) mass is 556 g/mol. The second kappa shape index (κ2) is 11.3. The van der Waals surface area contributed by atoms with E-state index in [2.05, 4.69) is 5.32 Å². The molecule has 1 aliphatic rings. The Morgan fingerprint density at radius 1 is 1.10 bits per heavy atom. The fraction of sp³-hybridized carbons (Fsp3) is 0.370. The highest BCUT2D eigenvalue weighted by molar-refractivity contribution is 5.74. The lowest BCUT2D eigenvalue weighted by Crippen LogP contribution is -2.31. The normalized spacial score (nSPS) is 16.8. The number of halogens is 6. The number of aromatic nitrogens is 1. The summed E-state index contributed by atoms with van der Waals surface area (Å²) in [5.41, 5.74) is -2.64. The molecule has 6 nitrogen and oxygen atoms in total. The second-order valence-electron chi connectivity index (χ2n) is 9.18. The predicted molar refractivity (Wildman–Crippen MR) is 129 cm³/mol. The molecule has 210 valence electrons. The first-order chi connectivity index (χ1) is 18.3. The van der Waals surface area contributed by atoms with Gasteiger partial charge in [0.2, 0.25) is 0 Å². The lowest BCUT2D eigenvalue weighted by Gasteiger charge is -2.20. The molecule has 0 spiro atoms. The van der Waals surface area contributed by atoms with E-state index >= 15 is 0 Å². The molecule has 1 unspecified atom stereocenters. The SMILES string of the molecule is Cc1c(OC(=O)NCC(O)c2ccccc2)cc(-c2cc(C(F)(F)F)ccc2C(F)(F)F)n1C[C@H]1CCCO1. The zero-order valence-corrected chi connectivity index (χ0v) is 20.8. The maximum atomic E-state index is 13.9. The third-order valence-electron chi connectivity index (χ3n) is 6.49. The number of alkyl halides is 6. The Kier molecular flexibility index (Phi) is 8.26. The Morgan fingerprint density at radius 2 is 1.82 bits per heavy atom. The van der Waals surface area contributed by atoms with Crippen molar-refractivity contribution in [2.75, 3.05) is 13.2 Å². The summed E-state index contributed by atoms with van der Waals surface area (Å²) < 4.78 is 94.4. The van der Waals surface area contributed by atoms with E-state index < -0.39 is 41.2 Å². The van der Waals surface area contributed by atoms with E-state index in [1.54, 1.807) is 30.3 Å². The molecule has 1 fully saturated rings. The summed E-state index contributed by atoms with van der Waals surface area (Å²) >= 11 is 0. The van der Waals surface area contributed by atoms with Crippen molar-refractivity contribution in [1.29, 1.82) is 0 Å². The summed E-state index contributed by atoms with van der Waals surface area (Å²) in [7, 11) is 0. The number of aliphatic hydroxyl groups excluding tert-OH is 1. The molecule has 2 heterocycles. The number of rotatable bonds is 7. The van der Waals surface area contributed by atoms with Crippen LogP contribution in [0.3, 0.4) is 0 Å². The molecular formula is C27H26F6N2O4. The number of hydrogen-bond acceptors (Lipinski definition) is 4. The van der Waals surface area contributed by atoms with E-state index in [0.29, 0.717) is 36.8 Å². The summed E-state index contributed by atoms with van der Waals surface area (Å²) in [6.45, 7) is 1.78. The average Bonchev–Trinajstić information content (AvgIpc) is 3.50. The van der Waals surface area contributed by atoms with Crippen molar-refractivity contribution in [3.8, 4) is 17.0 Å². The van der Waals surface area contributed by atoms with Gasteiger partial charge in [0.05, 0.1) is 41.3 Å². The molecule has 2 N–H and O–H groups in total. The minimum absolute atomic E-state index is 0.0480. The van der Waals surface area contributed by atoms with Gasteiger partial charge in [0, 0.05) is 24.8 Å². The fourth-order valence-corrected chi connectivity index (χ4v) is 4.46. The van der Waals surface area contributed by atoms with Crippen LogP contribution in [-0.4, -0.2) is 35.0 Å². The topological polar surface area (TPSA) is 72.7 Å². The molecule has 0 radical (unpaired) electrons.